The quantitative estimate of drug-likeness (QED) is 0.643. The molecule has 3 saturated heterocycles. The SMILES string of the molecule is O=C(CCl)N1CC23CN(C(=O)CCl)CC24CN(C(=O)CCl)CC34C1. The minimum atomic E-state index is -0.132. The molecule has 3 spiro atoms. The van der Waals surface area contributed by atoms with E-state index < -0.39 is 0 Å². The van der Waals surface area contributed by atoms with Gasteiger partial charge in [-0.15, -0.1) is 34.8 Å². The number of hydrogen-bond donors (Lipinski definition) is 0. The molecule has 132 valence electrons. The Kier molecular flexibility index (Phi) is 3.59. The number of halogens is 3. The van der Waals surface area contributed by atoms with E-state index >= 15 is 0 Å². The summed E-state index contributed by atoms with van der Waals surface area (Å²) in [5.74, 6) is -0.419. The average Bonchev–Trinajstić information content (AvgIpc) is 3.08. The number of piperidine rings is 3. The predicted octanol–water partition coefficient (Wildman–Crippen LogP) is 0.202. The van der Waals surface area contributed by atoms with Crippen LogP contribution in [0.4, 0.5) is 0 Å². The molecule has 3 heterocycles. The zero-order chi connectivity index (χ0) is 17.3. The molecular weight excluding hydrogens is 377 g/mol. The third-order valence-corrected chi connectivity index (χ3v) is 7.54. The van der Waals surface area contributed by atoms with Crippen molar-refractivity contribution in [1.29, 1.82) is 0 Å². The van der Waals surface area contributed by atoms with Crippen LogP contribution in [0, 0.1) is 16.2 Å². The maximum atomic E-state index is 12.1. The van der Waals surface area contributed by atoms with E-state index in [0.717, 1.165) is 0 Å². The first-order valence-electron chi connectivity index (χ1n) is 7.91. The van der Waals surface area contributed by atoms with Crippen LogP contribution < -0.4 is 0 Å². The van der Waals surface area contributed by atoms with Crippen molar-refractivity contribution >= 4 is 52.5 Å². The first-order valence-corrected chi connectivity index (χ1v) is 9.52. The van der Waals surface area contributed by atoms with Crippen LogP contribution in [0.1, 0.15) is 0 Å². The number of carbonyl (C=O) groups excluding carboxylic acids is 3. The number of hydrogen-bond acceptors (Lipinski definition) is 3. The Labute approximate surface area is 154 Å². The van der Waals surface area contributed by atoms with Gasteiger partial charge in [0.05, 0.1) is 0 Å². The molecule has 1 saturated carbocycles. The molecule has 0 aromatic heterocycles. The van der Waals surface area contributed by atoms with E-state index in [1.54, 1.807) is 14.7 Å². The lowest BCUT2D eigenvalue weighted by Gasteiger charge is -2.26. The summed E-state index contributed by atoms with van der Waals surface area (Å²) in [6.45, 7) is 3.63. The third-order valence-electron chi connectivity index (χ3n) is 6.85. The summed E-state index contributed by atoms with van der Waals surface area (Å²) in [5.41, 5.74) is -0.397. The Morgan fingerprint density at radius 3 is 0.958 bits per heavy atom. The lowest BCUT2D eigenvalue weighted by molar-refractivity contribution is -0.129. The molecule has 0 aromatic rings. The molecule has 0 N–H and O–H groups in total. The van der Waals surface area contributed by atoms with Gasteiger partial charge in [0.25, 0.3) is 0 Å². The lowest BCUT2D eigenvalue weighted by Crippen LogP contribution is -2.39. The number of amides is 3. The van der Waals surface area contributed by atoms with Crippen molar-refractivity contribution in [2.45, 2.75) is 0 Å². The van der Waals surface area contributed by atoms with Crippen molar-refractivity contribution < 1.29 is 14.4 Å². The summed E-state index contributed by atoms with van der Waals surface area (Å²) in [6.07, 6.45) is 0. The van der Waals surface area contributed by atoms with Gasteiger partial charge in [0.15, 0.2) is 0 Å². The van der Waals surface area contributed by atoms with Crippen molar-refractivity contribution in [1.82, 2.24) is 14.7 Å². The van der Waals surface area contributed by atoms with Crippen LogP contribution in [0.2, 0.25) is 0 Å². The summed E-state index contributed by atoms with van der Waals surface area (Å²) < 4.78 is 0. The smallest absolute Gasteiger partial charge is 0.237 e. The second kappa shape index (κ2) is 5.15. The van der Waals surface area contributed by atoms with Crippen LogP contribution in [-0.4, -0.2) is 89.3 Å². The number of nitrogens with zero attached hydrogens (tertiary/aromatic N) is 3. The molecule has 3 aliphatic heterocycles. The fraction of sp³-hybridized carbons (Fsp3) is 0.800. The highest BCUT2D eigenvalue weighted by atomic mass is 35.5. The largest absolute Gasteiger partial charge is 0.340 e. The topological polar surface area (TPSA) is 60.9 Å². The maximum absolute atomic E-state index is 12.1. The van der Waals surface area contributed by atoms with Crippen LogP contribution in [0.5, 0.6) is 0 Å². The highest BCUT2D eigenvalue weighted by Gasteiger charge is 2.94. The number of carbonyl (C=O) groups is 3. The van der Waals surface area contributed by atoms with Gasteiger partial charge in [-0.2, -0.15) is 0 Å². The Morgan fingerprint density at radius 2 is 0.792 bits per heavy atom. The van der Waals surface area contributed by atoms with E-state index in [9.17, 15) is 14.4 Å². The third kappa shape index (κ3) is 1.68. The monoisotopic (exact) mass is 393 g/mol. The van der Waals surface area contributed by atoms with Crippen molar-refractivity contribution in [3.63, 3.8) is 0 Å². The molecule has 1 aliphatic carbocycles. The Bertz CT molecular complexity index is 525. The van der Waals surface area contributed by atoms with E-state index in [2.05, 4.69) is 0 Å². The summed E-state index contributed by atoms with van der Waals surface area (Å²) in [6, 6.07) is 0. The minimum absolute atomic E-state index is 0.0478. The second-order valence-corrected chi connectivity index (χ2v) is 8.20. The summed E-state index contributed by atoms with van der Waals surface area (Å²) >= 11 is 17.2. The molecule has 0 unspecified atom stereocenters. The van der Waals surface area contributed by atoms with Gasteiger partial charge in [0.1, 0.15) is 17.6 Å². The number of likely N-dealkylation sites (tertiary alicyclic amines) is 3. The number of alkyl halides is 3. The Hall–Kier alpha value is -0.720. The van der Waals surface area contributed by atoms with Gasteiger partial charge in [-0.3, -0.25) is 14.4 Å². The minimum Gasteiger partial charge on any atom is -0.340 e. The van der Waals surface area contributed by atoms with Crippen molar-refractivity contribution in [3.05, 3.63) is 0 Å². The Morgan fingerprint density at radius 1 is 0.583 bits per heavy atom. The van der Waals surface area contributed by atoms with Crippen molar-refractivity contribution in [2.75, 3.05) is 56.9 Å². The molecule has 0 aromatic carbocycles. The fourth-order valence-corrected chi connectivity index (χ4v) is 6.39. The molecule has 3 amide bonds. The predicted molar refractivity (Wildman–Crippen MR) is 89.2 cm³/mol. The van der Waals surface area contributed by atoms with Crippen molar-refractivity contribution in [3.8, 4) is 0 Å². The van der Waals surface area contributed by atoms with Gasteiger partial charge in [0.2, 0.25) is 17.7 Å². The van der Waals surface area contributed by atoms with Gasteiger partial charge < -0.3 is 14.7 Å². The van der Waals surface area contributed by atoms with E-state index in [0.29, 0.717) is 39.3 Å². The molecule has 9 heteroatoms. The van der Waals surface area contributed by atoms with Crippen LogP contribution in [0.25, 0.3) is 0 Å². The number of rotatable bonds is 3. The second-order valence-electron chi connectivity index (χ2n) is 7.40. The van der Waals surface area contributed by atoms with Crippen LogP contribution in [0.15, 0.2) is 0 Å². The van der Waals surface area contributed by atoms with E-state index in [4.69, 9.17) is 34.8 Å². The first kappa shape index (κ1) is 16.7. The van der Waals surface area contributed by atoms with Gasteiger partial charge >= 0.3 is 0 Å². The molecule has 4 fully saturated rings. The maximum Gasteiger partial charge on any atom is 0.237 e. The van der Waals surface area contributed by atoms with Gasteiger partial charge in [-0.25, -0.2) is 0 Å². The van der Waals surface area contributed by atoms with E-state index in [1.165, 1.54) is 0 Å². The normalized spacial score (nSPS) is 38.9. The molecule has 4 rings (SSSR count). The van der Waals surface area contributed by atoms with Gasteiger partial charge in [-0.05, 0) is 0 Å². The molecule has 4 aliphatic rings. The zero-order valence-electron chi connectivity index (χ0n) is 13.1. The molecular formula is C15H18Cl3N3O3. The van der Waals surface area contributed by atoms with Gasteiger partial charge in [0, 0.05) is 55.5 Å². The standard InChI is InChI=1S/C15H18Cl3N3O3/c16-1-10(22)19-4-13-6-20(11(23)2-17)8-15(13)9-21(12(24)3-18)7-14(13,15)5-19/h1-9H2. The van der Waals surface area contributed by atoms with E-state index in [-0.39, 0.29) is 51.6 Å². The highest BCUT2D eigenvalue weighted by Crippen LogP contribution is 2.86. The summed E-state index contributed by atoms with van der Waals surface area (Å²) in [4.78, 5) is 41.6. The van der Waals surface area contributed by atoms with Crippen LogP contribution in [-0.2, 0) is 14.4 Å². The zero-order valence-corrected chi connectivity index (χ0v) is 15.3. The molecule has 0 atom stereocenters. The van der Waals surface area contributed by atoms with E-state index in [1.807, 2.05) is 0 Å². The van der Waals surface area contributed by atoms with Crippen LogP contribution >= 0.6 is 34.8 Å². The van der Waals surface area contributed by atoms with Crippen LogP contribution in [0.3, 0.4) is 0 Å². The van der Waals surface area contributed by atoms with Gasteiger partial charge in [-0.1, -0.05) is 0 Å². The molecule has 0 bridgehead atoms. The average molecular weight is 395 g/mol. The summed E-state index contributed by atoms with van der Waals surface area (Å²) in [7, 11) is 0. The van der Waals surface area contributed by atoms with Crippen molar-refractivity contribution in [2.24, 2.45) is 16.2 Å². The fourth-order valence-electron chi connectivity index (χ4n) is 5.89. The molecule has 24 heavy (non-hydrogen) atoms. The highest BCUT2D eigenvalue weighted by molar-refractivity contribution is 6.28. The first-order chi connectivity index (χ1) is 11.4. The summed E-state index contributed by atoms with van der Waals surface area (Å²) in [5, 5.41) is 0. The Balaban J connectivity index is 1.65. The molecule has 6 nitrogen and oxygen atoms in total. The lowest BCUT2D eigenvalue weighted by atomic mass is 9.95. The molecule has 0 radical (unpaired) electrons.